The summed E-state index contributed by atoms with van der Waals surface area (Å²) in [5, 5.41) is 7.62. The molecule has 35 heavy (non-hydrogen) atoms. The first-order valence-corrected chi connectivity index (χ1v) is 11.7. The van der Waals surface area contributed by atoms with E-state index in [0.29, 0.717) is 30.2 Å². The quantitative estimate of drug-likeness (QED) is 0.639. The molecule has 188 valence electrons. The largest absolute Gasteiger partial charge is 0.522 e. The zero-order valence-corrected chi connectivity index (χ0v) is 18.8. The van der Waals surface area contributed by atoms with Crippen LogP contribution in [-0.4, -0.2) is 63.0 Å². The van der Waals surface area contributed by atoms with Crippen molar-refractivity contribution in [2.75, 3.05) is 0 Å². The Labute approximate surface area is 198 Å². The molecular formula is C23H26F3N5O4. The lowest BCUT2D eigenvalue weighted by Crippen LogP contribution is -2.52. The average molecular weight is 493 g/mol. The number of para-hydroxylation sites is 1. The maximum atomic E-state index is 13.3. The highest BCUT2D eigenvalue weighted by molar-refractivity contribution is 6.04. The van der Waals surface area contributed by atoms with Gasteiger partial charge in [-0.3, -0.25) is 23.8 Å². The number of fused-ring (bicyclic) bond motifs is 2. The Hall–Kier alpha value is -3.15. The first kappa shape index (κ1) is 23.6. The Kier molecular flexibility index (Phi) is 5.94. The smallest absolute Gasteiger partial charge is 0.364 e. The monoisotopic (exact) mass is 493 g/mol. The van der Waals surface area contributed by atoms with Crippen molar-refractivity contribution < 1.29 is 32.3 Å². The second kappa shape index (κ2) is 8.81. The lowest BCUT2D eigenvalue weighted by Gasteiger charge is -2.33. The molecule has 1 aliphatic heterocycles. The Bertz CT molecular complexity index is 1170. The number of likely N-dealkylation sites (tertiary alicyclic amines) is 1. The van der Waals surface area contributed by atoms with Crippen molar-refractivity contribution >= 4 is 28.6 Å². The number of amides is 3. The number of piperidine rings is 1. The maximum Gasteiger partial charge on any atom is 0.522 e. The van der Waals surface area contributed by atoms with Gasteiger partial charge in [0.1, 0.15) is 12.6 Å². The van der Waals surface area contributed by atoms with Crippen LogP contribution in [0.15, 0.2) is 24.3 Å². The van der Waals surface area contributed by atoms with Crippen molar-refractivity contribution in [2.45, 2.75) is 75.7 Å². The van der Waals surface area contributed by atoms with E-state index >= 15 is 0 Å². The number of hydrogen-bond acceptors (Lipinski definition) is 5. The minimum Gasteiger partial charge on any atom is -0.364 e. The predicted molar refractivity (Wildman–Crippen MR) is 117 cm³/mol. The normalized spacial score (nSPS) is 28.1. The van der Waals surface area contributed by atoms with Crippen molar-refractivity contribution in [2.24, 2.45) is 11.7 Å². The summed E-state index contributed by atoms with van der Waals surface area (Å²) in [6.07, 6.45) is -2.93. The molecule has 1 aromatic heterocycles. The van der Waals surface area contributed by atoms with Gasteiger partial charge >= 0.3 is 6.36 Å². The standard InChI is InChI=1S/C23H26F3N5O4/c24-23(25,26)35-14-5-3-4-13(10-14)28-22(34)18-9-12-8-17(12)31(18)19(32)11-30-16-7-2-1-6-15(16)20(29-30)21(27)33/h1-2,6-7,12-14,17-18H,3-5,8-11H2,(H2,27,33)(H,28,34)/t12-,13+,14+,17-,18+/m1/s1. The van der Waals surface area contributed by atoms with Gasteiger partial charge in [0.15, 0.2) is 5.69 Å². The van der Waals surface area contributed by atoms with E-state index in [1.807, 2.05) is 0 Å². The molecule has 0 bridgehead atoms. The Morgan fingerprint density at radius 2 is 1.91 bits per heavy atom. The van der Waals surface area contributed by atoms with Crippen molar-refractivity contribution in [3.05, 3.63) is 30.0 Å². The fourth-order valence-corrected chi connectivity index (χ4v) is 5.56. The number of nitrogens with two attached hydrogens (primary N) is 1. The highest BCUT2D eigenvalue weighted by atomic mass is 19.4. The number of rotatable bonds is 6. The van der Waals surface area contributed by atoms with E-state index in [9.17, 15) is 27.6 Å². The van der Waals surface area contributed by atoms with Crippen molar-refractivity contribution in [1.82, 2.24) is 20.0 Å². The number of hydrogen-bond donors (Lipinski definition) is 2. The summed E-state index contributed by atoms with van der Waals surface area (Å²) in [6.45, 7) is -0.161. The van der Waals surface area contributed by atoms with E-state index in [-0.39, 0.29) is 48.9 Å². The van der Waals surface area contributed by atoms with Crippen LogP contribution in [0.4, 0.5) is 13.2 Å². The lowest BCUT2D eigenvalue weighted by molar-refractivity contribution is -0.345. The summed E-state index contributed by atoms with van der Waals surface area (Å²) >= 11 is 0. The molecule has 3 fully saturated rings. The number of nitrogens with one attached hydrogen (secondary N) is 1. The van der Waals surface area contributed by atoms with Crippen LogP contribution in [0.5, 0.6) is 0 Å². The van der Waals surface area contributed by atoms with E-state index in [4.69, 9.17) is 5.73 Å². The van der Waals surface area contributed by atoms with Gasteiger partial charge in [-0.1, -0.05) is 18.2 Å². The number of alkyl halides is 3. The van der Waals surface area contributed by atoms with Crippen molar-refractivity contribution in [3.63, 3.8) is 0 Å². The zero-order chi connectivity index (χ0) is 24.9. The first-order chi connectivity index (χ1) is 16.6. The molecule has 5 atom stereocenters. The molecule has 2 aliphatic carbocycles. The molecule has 5 rings (SSSR count). The zero-order valence-electron chi connectivity index (χ0n) is 18.8. The Balaban J connectivity index is 1.27. The number of ether oxygens (including phenoxy) is 1. The molecule has 3 N–H and O–H groups in total. The lowest BCUT2D eigenvalue weighted by atomic mass is 9.92. The Morgan fingerprint density at radius 1 is 1.14 bits per heavy atom. The van der Waals surface area contributed by atoms with Crippen LogP contribution in [0, 0.1) is 5.92 Å². The van der Waals surface area contributed by atoms with Gasteiger partial charge in [-0.2, -0.15) is 5.10 Å². The molecule has 1 aromatic carbocycles. The summed E-state index contributed by atoms with van der Waals surface area (Å²) < 4.78 is 43.4. The highest BCUT2D eigenvalue weighted by Gasteiger charge is 2.56. The third-order valence-corrected chi connectivity index (χ3v) is 7.14. The molecule has 0 unspecified atom stereocenters. The van der Waals surface area contributed by atoms with Gasteiger partial charge in [-0.25, -0.2) is 0 Å². The van der Waals surface area contributed by atoms with E-state index in [2.05, 4.69) is 15.2 Å². The molecule has 2 heterocycles. The van der Waals surface area contributed by atoms with Crippen molar-refractivity contribution in [1.29, 1.82) is 0 Å². The summed E-state index contributed by atoms with van der Waals surface area (Å²) in [4.78, 5) is 39.8. The Morgan fingerprint density at radius 3 is 2.66 bits per heavy atom. The molecule has 2 aromatic rings. The van der Waals surface area contributed by atoms with E-state index in [1.165, 1.54) is 4.68 Å². The number of nitrogens with zero attached hydrogens (tertiary/aromatic N) is 3. The van der Waals surface area contributed by atoms with Crippen LogP contribution in [0.1, 0.15) is 49.0 Å². The van der Waals surface area contributed by atoms with Gasteiger partial charge in [0.25, 0.3) is 5.91 Å². The SMILES string of the molecule is NC(=O)c1nn(CC(=O)N2[C@@H]3C[C@@H]3C[C@H]2C(=O)N[C@H]2CCC[C@H](OC(F)(F)F)C2)c2ccccc12. The van der Waals surface area contributed by atoms with Crippen LogP contribution in [-0.2, 0) is 20.9 Å². The van der Waals surface area contributed by atoms with E-state index < -0.39 is 30.5 Å². The predicted octanol–water partition coefficient (Wildman–Crippen LogP) is 2.09. The molecule has 3 aliphatic rings. The molecule has 12 heteroatoms. The summed E-state index contributed by atoms with van der Waals surface area (Å²) in [5.41, 5.74) is 6.09. The van der Waals surface area contributed by atoms with Crippen LogP contribution >= 0.6 is 0 Å². The summed E-state index contributed by atoms with van der Waals surface area (Å²) in [6, 6.07) is 5.78. The summed E-state index contributed by atoms with van der Waals surface area (Å²) in [7, 11) is 0. The van der Waals surface area contributed by atoms with Gasteiger partial charge in [0, 0.05) is 17.5 Å². The second-order valence-corrected chi connectivity index (χ2v) is 9.56. The fourth-order valence-electron chi connectivity index (χ4n) is 5.56. The molecule has 3 amide bonds. The van der Waals surface area contributed by atoms with Gasteiger partial charge in [-0.05, 0) is 50.5 Å². The minimum atomic E-state index is -4.71. The fraction of sp³-hybridized carbons (Fsp3) is 0.565. The maximum absolute atomic E-state index is 13.3. The topological polar surface area (TPSA) is 120 Å². The van der Waals surface area contributed by atoms with Gasteiger partial charge in [-0.15, -0.1) is 13.2 Å². The number of carbonyl (C=O) groups is 3. The molecule has 9 nitrogen and oxygen atoms in total. The third-order valence-electron chi connectivity index (χ3n) is 7.14. The van der Waals surface area contributed by atoms with Gasteiger partial charge in [0.2, 0.25) is 11.8 Å². The van der Waals surface area contributed by atoms with E-state index in [1.54, 1.807) is 29.2 Å². The molecular weight excluding hydrogens is 467 g/mol. The number of aromatic nitrogens is 2. The third kappa shape index (κ3) is 4.84. The number of benzene rings is 1. The van der Waals surface area contributed by atoms with E-state index in [0.717, 1.165) is 6.42 Å². The van der Waals surface area contributed by atoms with Crippen molar-refractivity contribution in [3.8, 4) is 0 Å². The molecule has 2 saturated carbocycles. The van der Waals surface area contributed by atoms with Crippen LogP contribution in [0.25, 0.3) is 10.9 Å². The summed E-state index contributed by atoms with van der Waals surface area (Å²) in [5.74, 6) is -1.13. The second-order valence-electron chi connectivity index (χ2n) is 9.56. The number of halogens is 3. The minimum absolute atomic E-state index is 0.0386. The number of carbonyl (C=O) groups excluding carboxylic acids is 3. The van der Waals surface area contributed by atoms with Crippen LogP contribution < -0.4 is 11.1 Å². The molecule has 1 saturated heterocycles. The van der Waals surface area contributed by atoms with Gasteiger partial charge in [0.05, 0.1) is 11.6 Å². The number of primary amides is 1. The van der Waals surface area contributed by atoms with Gasteiger partial charge < -0.3 is 16.0 Å². The van der Waals surface area contributed by atoms with Crippen LogP contribution in [0.3, 0.4) is 0 Å². The molecule has 0 spiro atoms. The first-order valence-electron chi connectivity index (χ1n) is 11.7. The molecule has 0 radical (unpaired) electrons. The highest BCUT2D eigenvalue weighted by Crippen LogP contribution is 2.48. The average Bonchev–Trinajstić information content (AvgIpc) is 3.28. The van der Waals surface area contributed by atoms with Crippen LogP contribution in [0.2, 0.25) is 0 Å².